The van der Waals surface area contributed by atoms with Gasteiger partial charge in [0.05, 0.1) is 120 Å². The second-order valence-corrected chi connectivity index (χ2v) is 32.3. The van der Waals surface area contributed by atoms with Gasteiger partial charge in [0.25, 0.3) is 30.3 Å². The summed E-state index contributed by atoms with van der Waals surface area (Å²) in [5.41, 5.74) is 57.2. The van der Waals surface area contributed by atoms with Crippen molar-refractivity contribution in [2.75, 3.05) is 193 Å². The molecule has 10 aromatic carbocycles. The molecule has 42 heteroatoms. The van der Waals surface area contributed by atoms with E-state index in [4.69, 9.17) is 70.3 Å². The van der Waals surface area contributed by atoms with Crippen molar-refractivity contribution in [1.82, 2.24) is 4.72 Å². The summed E-state index contributed by atoms with van der Waals surface area (Å²) in [4.78, 5) is 40.5. The number of sulfonamides is 2. The standard InChI is InChI=1S/C12H12N2O2S.C12H18N2O.C11H19N3O2S.C10H12N2O4.C10H16N2O.C10H16N2.C8H12N2O6S2.2C6H8N2.3ClH/c13-11-8-4-5-9-12(11)14-17(15,16)10-6-2-1-3-7-10;1-4-14(5-2)12-9-7-6-8-11(12)13-10(3)15;1-3-14(9-8-13-17(2,15)16)11-7-5-4-6-10(11)12;13-9(14)5-11-7-3-1-2-4-8(7)12-6-10(15)16;1-2-12(7-8-13)10-6-4-3-5-9(10)11;1-3-12(4-2)10-8-6-5-7-9(10)11;11-17(12,13)5-9-7-3-1-2-4-8(7)10-6-18(14,15)16;2*7-5-3-1-2-4-6(5)8;;;/h1-9,14H,13H2;6-9H,4-5H2,1-3H3,(H,13,15);4-7,13H,3,8-9,12H2,1-2H3;1-4,11-12H,5-6H2,(H,13,14)(H,15,16);3-6,13H,2,7-8,11H2,1H3;5-8H,3-4,11H2,1-2H3;1-4,9-10H,5-6H2,(H,11,12,13)(H,14,15,16);2*1-4H,7-8H2;3*1H. The Bertz CT molecular complexity index is 5140. The lowest BCUT2D eigenvalue weighted by Crippen LogP contribution is -2.34. The van der Waals surface area contributed by atoms with Crippen LogP contribution in [0.2, 0.25) is 0 Å². The number of carboxylic acids is 2. The molecule has 0 aromatic heterocycles. The molecule has 127 heavy (non-hydrogen) atoms. The Morgan fingerprint density at radius 1 is 0.339 bits per heavy atom. The van der Waals surface area contributed by atoms with Crippen LogP contribution in [0.3, 0.4) is 0 Å². The minimum atomic E-state index is -4.19. The molecule has 0 aliphatic carbocycles. The SMILES string of the molecule is CCN(CC)c1ccccc1N.CCN(CC)c1ccccc1NC(C)=O.CCN(CCNS(C)(=O)=O)c1ccccc1N.CCN(CCO)c1ccccc1N.Cl.Cl.Cl.Nc1ccccc1N.Nc1ccccc1N.Nc1ccccc1NS(=O)(=O)c1ccccc1.O=C(O)CNc1ccccc1NCC(=O)O.O=S(=O)(O)CNc1ccccc1NCS(=O)(=O)O. The monoisotopic (exact) mass is 1900 g/mol. The zero-order valence-electron chi connectivity index (χ0n) is 72.1. The van der Waals surface area contributed by atoms with Crippen LogP contribution in [0.1, 0.15) is 48.5 Å². The van der Waals surface area contributed by atoms with Crippen LogP contribution >= 0.6 is 37.2 Å². The van der Waals surface area contributed by atoms with Crippen LogP contribution in [0.15, 0.2) is 254 Å². The highest BCUT2D eigenvalue weighted by atomic mass is 35.5. The van der Waals surface area contributed by atoms with E-state index in [1.54, 1.807) is 103 Å². The second kappa shape index (κ2) is 62.8. The molecule has 0 spiro atoms. The Kier molecular flexibility index (Phi) is 57.7. The molecule has 1 amide bonds. The summed E-state index contributed by atoms with van der Waals surface area (Å²) in [6.45, 7) is 20.9. The third-order valence-electron chi connectivity index (χ3n) is 16.6. The first-order valence-electron chi connectivity index (χ1n) is 38.7. The maximum Gasteiger partial charge on any atom is 0.322 e. The number of aliphatic carboxylic acids is 2. The third-order valence-corrected chi connectivity index (χ3v) is 19.8. The molecule has 0 unspecified atom stereocenters. The molecule has 10 rings (SSSR count). The molecule has 0 fully saturated rings. The van der Waals surface area contributed by atoms with Gasteiger partial charge in [-0.2, -0.15) is 16.8 Å². The summed E-state index contributed by atoms with van der Waals surface area (Å²) in [5, 5.41) is 38.9. The van der Waals surface area contributed by atoms with Gasteiger partial charge in [-0.05, 0) is 163 Å². The van der Waals surface area contributed by atoms with Crippen LogP contribution < -0.4 is 101 Å². The highest BCUT2D eigenvalue weighted by Gasteiger charge is 2.17. The number of carbonyl (C=O) groups is 3. The molecule has 0 atom stereocenters. The number of nitrogens with zero attached hydrogens (tertiary/aromatic N) is 4. The van der Waals surface area contributed by atoms with Crippen LogP contribution in [-0.2, 0) is 54.7 Å². The molecule has 700 valence electrons. The first-order chi connectivity index (χ1) is 58.7. The largest absolute Gasteiger partial charge is 0.480 e. The minimum Gasteiger partial charge on any atom is -0.480 e. The van der Waals surface area contributed by atoms with E-state index in [0.29, 0.717) is 70.8 Å². The van der Waals surface area contributed by atoms with Crippen LogP contribution in [0.4, 0.5) is 102 Å². The number of anilines is 18. The molecule has 10 aromatic rings. The number of hydrogen-bond acceptors (Lipinski definition) is 28. The molecule has 0 aliphatic rings. The highest BCUT2D eigenvalue weighted by molar-refractivity contribution is 7.92. The van der Waals surface area contributed by atoms with E-state index in [9.17, 15) is 48.1 Å². The number of benzene rings is 10. The van der Waals surface area contributed by atoms with Crippen LogP contribution in [0.25, 0.3) is 0 Å². The van der Waals surface area contributed by atoms with Crippen molar-refractivity contribution < 1.29 is 72.5 Å². The summed E-state index contributed by atoms with van der Waals surface area (Å²) >= 11 is 0. The van der Waals surface area contributed by atoms with Gasteiger partial charge in [0.1, 0.15) is 24.8 Å². The Morgan fingerprint density at radius 2 is 0.606 bits per heavy atom. The van der Waals surface area contributed by atoms with E-state index in [2.05, 4.69) is 84.5 Å². The first-order valence-corrected chi connectivity index (χ1v) is 45.3. The van der Waals surface area contributed by atoms with Gasteiger partial charge in [0.15, 0.2) is 0 Å². The molecule has 0 heterocycles. The number of likely N-dealkylation sites (N-methyl/N-ethyl adjacent to an activating group) is 2. The Hall–Kier alpha value is -12.3. The van der Waals surface area contributed by atoms with Gasteiger partial charge in [-0.3, -0.25) is 28.2 Å². The van der Waals surface area contributed by atoms with Gasteiger partial charge in [-0.1, -0.05) is 127 Å². The van der Waals surface area contributed by atoms with E-state index < -0.39 is 64.0 Å². The summed E-state index contributed by atoms with van der Waals surface area (Å²) in [6, 6.07) is 73.4. The number of aliphatic hydroxyl groups is 1. The summed E-state index contributed by atoms with van der Waals surface area (Å²) < 4.78 is 110. The molecular formula is C85H124Cl3N19O16S4. The minimum absolute atomic E-state index is 0. The predicted octanol–water partition coefficient (Wildman–Crippen LogP) is 12.3. The lowest BCUT2D eigenvalue weighted by molar-refractivity contribution is -0.136. The number of hydrogen-bond donors (Lipinski definition) is 20. The number of amides is 1. The van der Waals surface area contributed by atoms with Gasteiger partial charge in [0.2, 0.25) is 15.9 Å². The van der Waals surface area contributed by atoms with Gasteiger partial charge in [-0.25, -0.2) is 21.6 Å². The smallest absolute Gasteiger partial charge is 0.322 e. The number of para-hydroxylation sites is 18. The molecule has 0 saturated heterocycles. The van der Waals surface area contributed by atoms with E-state index in [-0.39, 0.29) is 79.1 Å². The summed E-state index contributed by atoms with van der Waals surface area (Å²) in [6.07, 6.45) is 1.15. The third kappa shape index (κ3) is 49.3. The number of nitrogens with one attached hydrogen (secondary N) is 7. The van der Waals surface area contributed by atoms with Gasteiger partial charge >= 0.3 is 11.9 Å². The molecule has 0 bridgehead atoms. The number of nitrogen functional groups attached to an aromatic ring is 8. The zero-order valence-corrected chi connectivity index (χ0v) is 77.8. The highest BCUT2D eigenvalue weighted by Crippen LogP contribution is 2.28. The fourth-order valence-electron chi connectivity index (χ4n) is 10.6. The molecule has 35 nitrogen and oxygen atoms in total. The van der Waals surface area contributed by atoms with E-state index in [0.717, 1.165) is 85.3 Å². The lowest BCUT2D eigenvalue weighted by atomic mass is 10.2. The fraction of sp³-hybridized carbons (Fsp3) is 0.259. The topological polar surface area (TPSA) is 594 Å². The summed E-state index contributed by atoms with van der Waals surface area (Å²) in [5.74, 6) is -3.41. The maximum absolute atomic E-state index is 12.0. The van der Waals surface area contributed by atoms with Crippen LogP contribution in [0.5, 0.6) is 0 Å². The molecule has 0 saturated carbocycles. The Morgan fingerprint density at radius 3 is 0.898 bits per heavy atom. The van der Waals surface area contributed by atoms with Crippen molar-refractivity contribution in [2.45, 2.75) is 53.4 Å². The van der Waals surface area contributed by atoms with Gasteiger partial charge < -0.3 is 107 Å². The quantitative estimate of drug-likeness (QED) is 0.0137. The molecular weight excluding hydrogens is 1780 g/mol. The summed E-state index contributed by atoms with van der Waals surface area (Å²) in [7, 11) is -15.1. The average molecular weight is 1900 g/mol. The fourth-order valence-corrected chi connectivity index (χ4v) is 12.8. The number of nitrogens with two attached hydrogens (primary N) is 8. The number of halogens is 3. The average Bonchev–Trinajstić information content (AvgIpc) is 0.821. The van der Waals surface area contributed by atoms with Crippen molar-refractivity contribution in [3.63, 3.8) is 0 Å². The van der Waals surface area contributed by atoms with E-state index in [1.165, 1.54) is 31.2 Å². The van der Waals surface area contributed by atoms with Gasteiger partial charge in [-0.15, -0.1) is 37.2 Å². The van der Waals surface area contributed by atoms with Crippen molar-refractivity contribution >= 4 is 198 Å². The van der Waals surface area contributed by atoms with Gasteiger partial charge in [0, 0.05) is 65.8 Å². The van der Waals surface area contributed by atoms with E-state index in [1.807, 2.05) is 134 Å². The molecule has 0 aliphatic heterocycles. The number of aliphatic hydroxyl groups excluding tert-OH is 1. The maximum atomic E-state index is 12.0. The van der Waals surface area contributed by atoms with Crippen molar-refractivity contribution in [3.05, 3.63) is 249 Å². The Labute approximate surface area is 765 Å². The number of carboxylic acid groups (broad SMARTS) is 2. The molecule has 28 N–H and O–H groups in total. The zero-order chi connectivity index (χ0) is 92.9. The first kappa shape index (κ1) is 117. The normalized spacial score (nSPS) is 10.2. The second-order valence-electron chi connectivity index (χ2n) is 25.9. The Balaban J connectivity index is 0. The van der Waals surface area contributed by atoms with Crippen molar-refractivity contribution in [2.24, 2.45) is 0 Å². The van der Waals surface area contributed by atoms with Crippen molar-refractivity contribution in [3.8, 4) is 0 Å². The predicted molar refractivity (Wildman–Crippen MR) is 532 cm³/mol. The number of rotatable bonds is 32. The van der Waals surface area contributed by atoms with E-state index >= 15 is 0 Å². The lowest BCUT2D eigenvalue weighted by Gasteiger charge is -2.24. The number of carbonyl (C=O) groups excluding carboxylic acids is 1. The van der Waals surface area contributed by atoms with Crippen molar-refractivity contribution in [1.29, 1.82) is 0 Å². The molecule has 0 radical (unpaired) electrons. The van der Waals surface area contributed by atoms with Crippen LogP contribution in [0, 0.1) is 0 Å². The van der Waals surface area contributed by atoms with Crippen LogP contribution in [-0.4, -0.2) is 173 Å².